The fourth-order valence-electron chi connectivity index (χ4n) is 4.95. The Labute approximate surface area is 137 Å². The molecule has 2 fully saturated rings. The molecule has 1 saturated carbocycles. The van der Waals surface area contributed by atoms with Gasteiger partial charge in [0.15, 0.2) is 5.41 Å². The average molecular weight is 316 g/mol. The molecule has 124 valence electrons. The van der Waals surface area contributed by atoms with Crippen LogP contribution in [0.3, 0.4) is 0 Å². The Morgan fingerprint density at radius 2 is 1.87 bits per heavy atom. The lowest BCUT2D eigenvalue weighted by Crippen LogP contribution is -2.53. The van der Waals surface area contributed by atoms with Gasteiger partial charge in [0.25, 0.3) is 0 Å². The van der Waals surface area contributed by atoms with Gasteiger partial charge in [-0.25, -0.2) is 0 Å². The number of esters is 2. The first-order chi connectivity index (χ1) is 10.8. The van der Waals surface area contributed by atoms with Crippen molar-refractivity contribution in [2.24, 2.45) is 16.2 Å². The van der Waals surface area contributed by atoms with Crippen molar-refractivity contribution in [3.63, 3.8) is 0 Å². The van der Waals surface area contributed by atoms with E-state index < -0.39 is 28.9 Å². The lowest BCUT2D eigenvalue weighted by atomic mass is 9.52. The molecule has 4 heteroatoms. The highest BCUT2D eigenvalue weighted by molar-refractivity contribution is 6.03. The molecule has 1 saturated heterocycles. The van der Waals surface area contributed by atoms with Crippen LogP contribution in [-0.4, -0.2) is 19.0 Å². The van der Waals surface area contributed by atoms with Crippen molar-refractivity contribution in [3.05, 3.63) is 35.9 Å². The van der Waals surface area contributed by atoms with Gasteiger partial charge in [-0.2, -0.15) is 0 Å². The number of hydrogen-bond acceptors (Lipinski definition) is 4. The number of rotatable bonds is 2. The second-order valence-electron chi connectivity index (χ2n) is 7.67. The summed E-state index contributed by atoms with van der Waals surface area (Å²) in [5.74, 6) is -0.876. The van der Waals surface area contributed by atoms with Crippen molar-refractivity contribution >= 4 is 11.9 Å². The Balaban J connectivity index is 2.25. The van der Waals surface area contributed by atoms with Crippen LogP contribution < -0.4 is 0 Å². The Hall–Kier alpha value is -1.84. The van der Waals surface area contributed by atoms with E-state index in [-0.39, 0.29) is 5.41 Å². The van der Waals surface area contributed by atoms with E-state index in [0.717, 1.165) is 18.4 Å². The smallest absolute Gasteiger partial charge is 0.324 e. The van der Waals surface area contributed by atoms with E-state index >= 15 is 0 Å². The number of fused-ring (bicyclic) bond motifs is 1. The Morgan fingerprint density at radius 3 is 2.43 bits per heavy atom. The number of carbonyl (C=O) groups excluding carboxylic acids is 2. The van der Waals surface area contributed by atoms with Crippen LogP contribution in [0.25, 0.3) is 0 Å². The highest BCUT2D eigenvalue weighted by atomic mass is 16.6. The van der Waals surface area contributed by atoms with E-state index in [1.165, 1.54) is 7.11 Å². The van der Waals surface area contributed by atoms with Gasteiger partial charge in [0.05, 0.1) is 7.11 Å². The normalized spacial score (nSPS) is 33.2. The van der Waals surface area contributed by atoms with Crippen molar-refractivity contribution in [2.75, 3.05) is 7.11 Å². The van der Waals surface area contributed by atoms with Gasteiger partial charge in [0, 0.05) is 5.41 Å². The maximum Gasteiger partial charge on any atom is 0.324 e. The van der Waals surface area contributed by atoms with Crippen LogP contribution in [0, 0.1) is 16.2 Å². The second kappa shape index (κ2) is 5.08. The van der Waals surface area contributed by atoms with E-state index in [0.29, 0.717) is 6.42 Å². The summed E-state index contributed by atoms with van der Waals surface area (Å²) in [6.45, 7) is 6.27. The van der Waals surface area contributed by atoms with Crippen LogP contribution in [0.5, 0.6) is 0 Å². The van der Waals surface area contributed by atoms with Gasteiger partial charge in [0.2, 0.25) is 0 Å². The topological polar surface area (TPSA) is 52.6 Å². The summed E-state index contributed by atoms with van der Waals surface area (Å²) < 4.78 is 10.9. The first-order valence-corrected chi connectivity index (χ1v) is 8.16. The number of hydrogen-bond donors (Lipinski definition) is 0. The average Bonchev–Trinajstić information content (AvgIpc) is 3.04. The number of ether oxygens (including phenoxy) is 2. The third kappa shape index (κ3) is 1.84. The third-order valence-electron chi connectivity index (χ3n) is 5.88. The highest BCUT2D eigenvalue weighted by Gasteiger charge is 2.77. The van der Waals surface area contributed by atoms with Crippen LogP contribution in [0.2, 0.25) is 0 Å². The fourth-order valence-corrected chi connectivity index (χ4v) is 4.95. The molecule has 1 aliphatic heterocycles. The molecule has 2 aliphatic rings. The minimum Gasteiger partial charge on any atom is -0.468 e. The van der Waals surface area contributed by atoms with E-state index in [1.807, 2.05) is 30.3 Å². The van der Waals surface area contributed by atoms with E-state index in [1.54, 1.807) is 0 Å². The van der Waals surface area contributed by atoms with Crippen molar-refractivity contribution in [3.8, 4) is 0 Å². The van der Waals surface area contributed by atoms with E-state index in [4.69, 9.17) is 9.47 Å². The highest BCUT2D eigenvalue weighted by Crippen LogP contribution is 2.72. The van der Waals surface area contributed by atoms with Crippen molar-refractivity contribution in [2.45, 2.75) is 46.1 Å². The predicted molar refractivity (Wildman–Crippen MR) is 85.5 cm³/mol. The largest absolute Gasteiger partial charge is 0.468 e. The molecule has 3 rings (SSSR count). The second-order valence-corrected chi connectivity index (χ2v) is 7.67. The van der Waals surface area contributed by atoms with Gasteiger partial charge in [-0.15, -0.1) is 0 Å². The maximum absolute atomic E-state index is 12.9. The fraction of sp³-hybridized carbons (Fsp3) is 0.579. The van der Waals surface area contributed by atoms with E-state index in [2.05, 4.69) is 20.8 Å². The van der Waals surface area contributed by atoms with Crippen LogP contribution in [0.15, 0.2) is 30.3 Å². The summed E-state index contributed by atoms with van der Waals surface area (Å²) in [5.41, 5.74) is -1.13. The van der Waals surface area contributed by atoms with Gasteiger partial charge in [-0.05, 0) is 23.8 Å². The minimum atomic E-state index is -1.19. The summed E-state index contributed by atoms with van der Waals surface area (Å²) in [5, 5.41) is 0. The Kier molecular flexibility index (Phi) is 3.54. The van der Waals surface area contributed by atoms with Gasteiger partial charge in [-0.3, -0.25) is 9.59 Å². The molecule has 1 aliphatic carbocycles. The zero-order chi connectivity index (χ0) is 16.9. The third-order valence-corrected chi connectivity index (χ3v) is 5.88. The molecule has 1 heterocycles. The predicted octanol–water partition coefficient (Wildman–Crippen LogP) is 3.66. The van der Waals surface area contributed by atoms with Crippen molar-refractivity contribution in [1.29, 1.82) is 0 Å². The zero-order valence-corrected chi connectivity index (χ0v) is 14.2. The minimum absolute atomic E-state index is 0.287. The molecule has 0 radical (unpaired) electrons. The number of carbonyl (C=O) groups is 2. The van der Waals surface area contributed by atoms with Gasteiger partial charge >= 0.3 is 11.9 Å². The molecule has 0 spiro atoms. The number of cyclic esters (lactones) is 1. The lowest BCUT2D eigenvalue weighted by Gasteiger charge is -2.47. The summed E-state index contributed by atoms with van der Waals surface area (Å²) in [6.07, 6.45) is 1.68. The molecule has 0 bridgehead atoms. The van der Waals surface area contributed by atoms with Crippen molar-refractivity contribution in [1.82, 2.24) is 0 Å². The number of benzene rings is 1. The van der Waals surface area contributed by atoms with Crippen LogP contribution in [0.4, 0.5) is 0 Å². The van der Waals surface area contributed by atoms with Gasteiger partial charge in [-0.1, -0.05) is 57.5 Å². The first kappa shape index (κ1) is 16.0. The molecule has 1 aromatic carbocycles. The standard InChI is InChI=1S/C19H24O4/c1-17(2,3)19-12-8-11-18(19,15(20)22-4)16(21)23-14(19)13-9-6-5-7-10-13/h5-7,9-10,14H,8,11-12H2,1-4H3/t14-,18+,19+/m1/s1. The van der Waals surface area contributed by atoms with Crippen LogP contribution >= 0.6 is 0 Å². The summed E-state index contributed by atoms with van der Waals surface area (Å²) in [4.78, 5) is 25.6. The molecular weight excluding hydrogens is 292 g/mol. The van der Waals surface area contributed by atoms with Crippen LogP contribution in [0.1, 0.15) is 51.7 Å². The van der Waals surface area contributed by atoms with Crippen LogP contribution in [-0.2, 0) is 19.1 Å². The van der Waals surface area contributed by atoms with Crippen molar-refractivity contribution < 1.29 is 19.1 Å². The van der Waals surface area contributed by atoms with E-state index in [9.17, 15) is 9.59 Å². The Morgan fingerprint density at radius 1 is 1.22 bits per heavy atom. The number of methoxy groups -OCH3 is 1. The summed E-state index contributed by atoms with van der Waals surface area (Å²) >= 11 is 0. The maximum atomic E-state index is 12.9. The Bertz CT molecular complexity index is 631. The molecular formula is C19H24O4. The van der Waals surface area contributed by atoms with Gasteiger partial charge < -0.3 is 9.47 Å². The molecule has 1 aromatic rings. The molecule has 0 unspecified atom stereocenters. The zero-order valence-electron chi connectivity index (χ0n) is 14.2. The summed E-state index contributed by atoms with van der Waals surface area (Å²) in [7, 11) is 1.35. The molecule has 0 aromatic heterocycles. The molecule has 3 atom stereocenters. The first-order valence-electron chi connectivity index (χ1n) is 8.16. The molecule has 0 N–H and O–H groups in total. The quantitative estimate of drug-likeness (QED) is 0.617. The molecule has 4 nitrogen and oxygen atoms in total. The summed E-state index contributed by atoms with van der Waals surface area (Å²) in [6, 6.07) is 9.75. The molecule has 23 heavy (non-hydrogen) atoms. The van der Waals surface area contributed by atoms with Gasteiger partial charge in [0.1, 0.15) is 6.10 Å². The molecule has 0 amide bonds. The SMILES string of the molecule is COC(=O)[C@]12CCC[C@@]1(C(C)(C)C)[C@@H](c1ccccc1)OC2=O. The lowest BCUT2D eigenvalue weighted by molar-refractivity contribution is -0.169. The monoisotopic (exact) mass is 316 g/mol.